The molecule has 1 aliphatic carbocycles. The molecule has 0 amide bonds. The van der Waals surface area contributed by atoms with E-state index in [4.69, 9.17) is 0 Å². The molecule has 3 heteroatoms. The molecule has 0 spiro atoms. The van der Waals surface area contributed by atoms with Crippen LogP contribution in [-0.4, -0.2) is 12.6 Å². The van der Waals surface area contributed by atoms with Crippen LogP contribution in [0.4, 0.5) is 0 Å². The lowest BCUT2D eigenvalue weighted by Crippen LogP contribution is -2.32. The van der Waals surface area contributed by atoms with Gasteiger partial charge in [-0.1, -0.05) is 39.0 Å². The van der Waals surface area contributed by atoms with Crippen molar-refractivity contribution in [3.63, 3.8) is 0 Å². The molecule has 20 heavy (non-hydrogen) atoms. The number of hydrogen-bond donors (Lipinski definition) is 1. The number of rotatable bonds is 8. The van der Waals surface area contributed by atoms with Gasteiger partial charge in [-0.25, -0.2) is 0 Å². The highest BCUT2D eigenvalue weighted by atomic mass is 79.9. The maximum absolute atomic E-state index is 3.76. The van der Waals surface area contributed by atoms with Gasteiger partial charge in [0.05, 0.1) is 0 Å². The Morgan fingerprint density at radius 2 is 2.15 bits per heavy atom. The van der Waals surface area contributed by atoms with Crippen LogP contribution in [0.25, 0.3) is 0 Å². The van der Waals surface area contributed by atoms with Crippen LogP contribution in [0.1, 0.15) is 63.2 Å². The lowest BCUT2D eigenvalue weighted by atomic mass is 9.85. The fourth-order valence-corrected chi connectivity index (χ4v) is 4.77. The van der Waals surface area contributed by atoms with Crippen molar-refractivity contribution in [2.45, 2.75) is 70.8 Å². The Balaban J connectivity index is 1.79. The summed E-state index contributed by atoms with van der Waals surface area (Å²) in [6.45, 7) is 3.41. The van der Waals surface area contributed by atoms with Crippen LogP contribution in [0.15, 0.2) is 15.9 Å². The topological polar surface area (TPSA) is 12.0 Å². The van der Waals surface area contributed by atoms with Crippen LogP contribution in [0.5, 0.6) is 0 Å². The van der Waals surface area contributed by atoms with Gasteiger partial charge in [-0.05, 0) is 60.1 Å². The Kier molecular flexibility index (Phi) is 7.61. The number of halogens is 1. The lowest BCUT2D eigenvalue weighted by Gasteiger charge is -2.24. The zero-order chi connectivity index (χ0) is 14.2. The second-order valence-corrected chi connectivity index (χ2v) is 8.08. The minimum absolute atomic E-state index is 0.669. The second-order valence-electron chi connectivity index (χ2n) is 6.17. The maximum Gasteiger partial charge on any atom is 0.0285 e. The standard InChI is InChI=1S/C17H28BrNS/c1-2-10-19-16(12-17-11-15(18)13-20-17)9-8-14-6-4-3-5-7-14/h11,13-14,16,19H,2-10,12H2,1H3. The van der Waals surface area contributed by atoms with Crippen molar-refractivity contribution in [3.8, 4) is 0 Å². The number of nitrogens with one attached hydrogen (secondary N) is 1. The van der Waals surface area contributed by atoms with Gasteiger partial charge in [-0.2, -0.15) is 0 Å². The van der Waals surface area contributed by atoms with Gasteiger partial charge in [0.15, 0.2) is 0 Å². The highest BCUT2D eigenvalue weighted by Gasteiger charge is 2.16. The summed E-state index contributed by atoms with van der Waals surface area (Å²) in [6.07, 6.45) is 12.6. The Morgan fingerprint density at radius 1 is 1.35 bits per heavy atom. The summed E-state index contributed by atoms with van der Waals surface area (Å²) >= 11 is 5.45. The highest BCUT2D eigenvalue weighted by molar-refractivity contribution is 9.10. The van der Waals surface area contributed by atoms with E-state index in [2.05, 4.69) is 39.6 Å². The highest BCUT2D eigenvalue weighted by Crippen LogP contribution is 2.28. The molecule has 1 unspecified atom stereocenters. The minimum atomic E-state index is 0.669. The Bertz CT molecular complexity index is 371. The first kappa shape index (κ1) is 16.5. The van der Waals surface area contributed by atoms with E-state index in [1.165, 1.54) is 67.1 Å². The molecule has 1 heterocycles. The molecule has 1 nitrogen and oxygen atoms in total. The monoisotopic (exact) mass is 357 g/mol. The average molecular weight is 358 g/mol. The molecule has 114 valence electrons. The second kappa shape index (κ2) is 9.22. The Morgan fingerprint density at radius 3 is 2.80 bits per heavy atom. The first-order chi connectivity index (χ1) is 9.78. The van der Waals surface area contributed by atoms with Crippen LogP contribution < -0.4 is 5.32 Å². The molecular formula is C17H28BrNS. The van der Waals surface area contributed by atoms with Crippen LogP contribution in [0.3, 0.4) is 0 Å². The van der Waals surface area contributed by atoms with E-state index < -0.39 is 0 Å². The summed E-state index contributed by atoms with van der Waals surface area (Å²) in [5.41, 5.74) is 0. The Hall–Kier alpha value is 0.140. The molecule has 1 saturated carbocycles. The van der Waals surface area contributed by atoms with Crippen LogP contribution >= 0.6 is 27.3 Å². The van der Waals surface area contributed by atoms with Crippen molar-refractivity contribution in [3.05, 3.63) is 20.8 Å². The van der Waals surface area contributed by atoms with Crippen molar-refractivity contribution < 1.29 is 0 Å². The molecule has 0 saturated heterocycles. The van der Waals surface area contributed by atoms with E-state index in [1.54, 1.807) is 0 Å². The molecule has 1 aliphatic rings. The third kappa shape index (κ3) is 5.87. The van der Waals surface area contributed by atoms with Crippen molar-refractivity contribution in [2.75, 3.05) is 6.54 Å². The molecular weight excluding hydrogens is 330 g/mol. The molecule has 0 aliphatic heterocycles. The molecule has 0 bridgehead atoms. The molecule has 1 fully saturated rings. The van der Waals surface area contributed by atoms with E-state index in [9.17, 15) is 0 Å². The largest absolute Gasteiger partial charge is 0.314 e. The van der Waals surface area contributed by atoms with Crippen LogP contribution in [0.2, 0.25) is 0 Å². The summed E-state index contributed by atoms with van der Waals surface area (Å²) in [5, 5.41) is 5.96. The molecule has 1 N–H and O–H groups in total. The zero-order valence-electron chi connectivity index (χ0n) is 12.7. The van der Waals surface area contributed by atoms with Gasteiger partial charge in [0.2, 0.25) is 0 Å². The van der Waals surface area contributed by atoms with E-state index in [1.807, 2.05) is 11.3 Å². The van der Waals surface area contributed by atoms with E-state index in [0.29, 0.717) is 6.04 Å². The van der Waals surface area contributed by atoms with Gasteiger partial charge < -0.3 is 5.32 Å². The predicted molar refractivity (Wildman–Crippen MR) is 93.6 cm³/mol. The quantitative estimate of drug-likeness (QED) is 0.621. The van der Waals surface area contributed by atoms with Gasteiger partial charge >= 0.3 is 0 Å². The zero-order valence-corrected chi connectivity index (χ0v) is 15.1. The van der Waals surface area contributed by atoms with Crippen LogP contribution in [-0.2, 0) is 6.42 Å². The fraction of sp³-hybridized carbons (Fsp3) is 0.765. The average Bonchev–Trinajstić information content (AvgIpc) is 2.88. The lowest BCUT2D eigenvalue weighted by molar-refractivity contribution is 0.312. The van der Waals surface area contributed by atoms with Gasteiger partial charge in [0.25, 0.3) is 0 Å². The number of thiophene rings is 1. The first-order valence-electron chi connectivity index (χ1n) is 8.24. The predicted octanol–water partition coefficient (Wildman–Crippen LogP) is 5.78. The fourth-order valence-electron chi connectivity index (χ4n) is 3.24. The van der Waals surface area contributed by atoms with Crippen molar-refractivity contribution in [1.82, 2.24) is 5.32 Å². The molecule has 0 aromatic carbocycles. The first-order valence-corrected chi connectivity index (χ1v) is 9.91. The summed E-state index contributed by atoms with van der Waals surface area (Å²) in [5.74, 6) is 1.00. The third-order valence-corrected chi connectivity index (χ3v) is 6.12. The smallest absolute Gasteiger partial charge is 0.0285 e. The van der Waals surface area contributed by atoms with Crippen LogP contribution in [0, 0.1) is 5.92 Å². The maximum atomic E-state index is 3.76. The SMILES string of the molecule is CCCNC(CCC1CCCCC1)Cc1cc(Br)cs1. The van der Waals surface area contributed by atoms with Gasteiger partial charge in [0, 0.05) is 20.8 Å². The summed E-state index contributed by atoms with van der Waals surface area (Å²) in [6, 6.07) is 2.95. The third-order valence-electron chi connectivity index (χ3n) is 4.40. The van der Waals surface area contributed by atoms with Gasteiger partial charge in [-0.3, -0.25) is 0 Å². The minimum Gasteiger partial charge on any atom is -0.314 e. The molecule has 0 radical (unpaired) electrons. The van der Waals surface area contributed by atoms with Crippen molar-refractivity contribution in [2.24, 2.45) is 5.92 Å². The van der Waals surface area contributed by atoms with E-state index >= 15 is 0 Å². The summed E-state index contributed by atoms with van der Waals surface area (Å²) < 4.78 is 1.24. The Labute approximate surface area is 136 Å². The molecule has 1 aromatic heterocycles. The van der Waals surface area contributed by atoms with E-state index in [-0.39, 0.29) is 0 Å². The summed E-state index contributed by atoms with van der Waals surface area (Å²) in [4.78, 5) is 1.51. The van der Waals surface area contributed by atoms with Gasteiger partial charge in [-0.15, -0.1) is 11.3 Å². The van der Waals surface area contributed by atoms with Crippen molar-refractivity contribution >= 4 is 27.3 Å². The van der Waals surface area contributed by atoms with Crippen molar-refractivity contribution in [1.29, 1.82) is 0 Å². The van der Waals surface area contributed by atoms with Gasteiger partial charge in [0.1, 0.15) is 0 Å². The summed E-state index contributed by atoms with van der Waals surface area (Å²) in [7, 11) is 0. The number of hydrogen-bond acceptors (Lipinski definition) is 2. The molecule has 2 rings (SSSR count). The van der Waals surface area contributed by atoms with E-state index in [0.717, 1.165) is 12.5 Å². The normalized spacial score (nSPS) is 18.3. The molecule has 1 aromatic rings. The molecule has 1 atom stereocenters.